The number of methoxy groups -OCH3 is 1. The molecule has 1 N–H and O–H groups in total. The van der Waals surface area contributed by atoms with Gasteiger partial charge in [0.15, 0.2) is 0 Å². The van der Waals surface area contributed by atoms with Crippen LogP contribution in [0, 0.1) is 18.3 Å². The number of rotatable bonds is 4. The highest BCUT2D eigenvalue weighted by molar-refractivity contribution is 5.91. The zero-order chi connectivity index (χ0) is 20.4. The van der Waals surface area contributed by atoms with E-state index in [4.69, 9.17) is 9.15 Å². The number of nitrogens with zero attached hydrogens (tertiary/aromatic N) is 2. The maximum absolute atomic E-state index is 11.7. The first-order valence-corrected chi connectivity index (χ1v) is 8.94. The first kappa shape index (κ1) is 18.3. The van der Waals surface area contributed by atoms with E-state index < -0.39 is 5.97 Å². The van der Waals surface area contributed by atoms with Gasteiger partial charge in [0.2, 0.25) is 0 Å². The Balaban J connectivity index is 1.67. The van der Waals surface area contributed by atoms with Crippen LogP contribution in [0.2, 0.25) is 0 Å². The molecule has 0 aliphatic carbocycles. The Kier molecular flexibility index (Phi) is 4.71. The van der Waals surface area contributed by atoms with E-state index in [1.165, 1.54) is 7.11 Å². The van der Waals surface area contributed by atoms with Crippen LogP contribution in [-0.4, -0.2) is 23.0 Å². The molecule has 6 nitrogen and oxygen atoms in total. The number of furan rings is 1. The molecule has 0 saturated heterocycles. The van der Waals surface area contributed by atoms with Gasteiger partial charge >= 0.3 is 5.97 Å². The molecule has 2 heterocycles. The number of hydrogen-bond donors (Lipinski definition) is 1. The largest absolute Gasteiger partial charge is 0.465 e. The van der Waals surface area contributed by atoms with Crippen molar-refractivity contribution in [2.75, 3.05) is 7.11 Å². The molecular formula is C23H17N3O3. The Labute approximate surface area is 167 Å². The second-order valence-electron chi connectivity index (χ2n) is 6.55. The van der Waals surface area contributed by atoms with E-state index in [2.05, 4.69) is 16.0 Å². The number of H-pyrrole nitrogens is 1. The molecule has 2 aromatic heterocycles. The third-order valence-electron chi connectivity index (χ3n) is 4.49. The molecule has 142 valence electrons. The highest BCUT2D eigenvalue weighted by Gasteiger charge is 2.12. The fourth-order valence-electron chi connectivity index (χ4n) is 3.05. The van der Waals surface area contributed by atoms with Crippen molar-refractivity contribution in [1.82, 2.24) is 9.97 Å². The first-order valence-electron chi connectivity index (χ1n) is 8.94. The fraction of sp³-hybridized carbons (Fsp3) is 0.0870. The zero-order valence-electron chi connectivity index (χ0n) is 15.9. The van der Waals surface area contributed by atoms with Crippen LogP contribution in [0.15, 0.2) is 59.0 Å². The number of nitrogens with one attached hydrogen (secondary N) is 1. The topological polar surface area (TPSA) is 91.9 Å². The molecule has 0 radical (unpaired) electrons. The van der Waals surface area contributed by atoms with Crippen LogP contribution in [-0.2, 0) is 4.74 Å². The SMILES string of the molecule is COC(=O)c1cccc(-c2ccc(/C=C(/C#N)c3nc4ccc(C)cc4[nH]3)o2)c1. The van der Waals surface area contributed by atoms with Gasteiger partial charge in [0, 0.05) is 11.6 Å². The lowest BCUT2D eigenvalue weighted by atomic mass is 10.1. The smallest absolute Gasteiger partial charge is 0.337 e. The molecule has 4 rings (SSSR count). The van der Waals surface area contributed by atoms with Gasteiger partial charge in [-0.15, -0.1) is 0 Å². The Morgan fingerprint density at radius 1 is 1.21 bits per heavy atom. The summed E-state index contributed by atoms with van der Waals surface area (Å²) in [5.41, 5.74) is 4.33. The summed E-state index contributed by atoms with van der Waals surface area (Å²) in [4.78, 5) is 19.4. The van der Waals surface area contributed by atoms with Crippen molar-refractivity contribution in [3.63, 3.8) is 0 Å². The molecule has 0 atom stereocenters. The van der Waals surface area contributed by atoms with Crippen molar-refractivity contribution < 1.29 is 13.9 Å². The van der Waals surface area contributed by atoms with Crippen molar-refractivity contribution in [2.45, 2.75) is 6.92 Å². The number of esters is 1. The van der Waals surface area contributed by atoms with Crippen LogP contribution in [0.5, 0.6) is 0 Å². The van der Waals surface area contributed by atoms with Gasteiger partial charge in [0.25, 0.3) is 0 Å². The number of carbonyl (C=O) groups is 1. The van der Waals surface area contributed by atoms with E-state index in [1.807, 2.05) is 31.2 Å². The summed E-state index contributed by atoms with van der Waals surface area (Å²) in [6, 6.07) is 18.6. The van der Waals surface area contributed by atoms with Crippen LogP contribution >= 0.6 is 0 Å². The molecule has 0 amide bonds. The summed E-state index contributed by atoms with van der Waals surface area (Å²) >= 11 is 0. The van der Waals surface area contributed by atoms with Gasteiger partial charge < -0.3 is 14.1 Å². The van der Waals surface area contributed by atoms with E-state index in [-0.39, 0.29) is 0 Å². The maximum atomic E-state index is 11.7. The van der Waals surface area contributed by atoms with Gasteiger partial charge in [-0.3, -0.25) is 0 Å². The molecule has 0 unspecified atom stereocenters. The van der Waals surface area contributed by atoms with Gasteiger partial charge in [-0.2, -0.15) is 5.26 Å². The lowest BCUT2D eigenvalue weighted by Crippen LogP contribution is -2.00. The number of aromatic nitrogens is 2. The number of allylic oxidation sites excluding steroid dienone is 1. The molecule has 0 saturated carbocycles. The molecule has 6 heteroatoms. The summed E-state index contributed by atoms with van der Waals surface area (Å²) in [5.74, 6) is 1.17. The Morgan fingerprint density at radius 3 is 2.86 bits per heavy atom. The number of aromatic amines is 1. The second-order valence-corrected chi connectivity index (χ2v) is 6.55. The van der Waals surface area contributed by atoms with E-state index >= 15 is 0 Å². The average molecular weight is 383 g/mol. The van der Waals surface area contributed by atoms with Gasteiger partial charge in [0.05, 0.1) is 29.3 Å². The van der Waals surface area contributed by atoms with E-state index in [9.17, 15) is 10.1 Å². The fourth-order valence-corrected chi connectivity index (χ4v) is 3.05. The minimum absolute atomic E-state index is 0.364. The van der Waals surface area contributed by atoms with Gasteiger partial charge in [0.1, 0.15) is 23.4 Å². The molecule has 0 fully saturated rings. The molecular weight excluding hydrogens is 366 g/mol. The monoisotopic (exact) mass is 383 g/mol. The standard InChI is InChI=1S/C23H17N3O3/c1-14-6-8-19-20(10-14)26-22(25-19)17(13-24)12-18-7-9-21(29-18)15-4-3-5-16(11-15)23(27)28-2/h3-12H,1-2H3,(H,25,26)/b17-12-. The molecule has 0 aliphatic heterocycles. The van der Waals surface area contributed by atoms with Crippen molar-refractivity contribution in [3.8, 4) is 17.4 Å². The summed E-state index contributed by atoms with van der Waals surface area (Å²) in [7, 11) is 1.34. The zero-order valence-corrected chi connectivity index (χ0v) is 15.9. The average Bonchev–Trinajstić information content (AvgIpc) is 3.38. The Morgan fingerprint density at radius 2 is 2.07 bits per heavy atom. The number of benzene rings is 2. The third kappa shape index (κ3) is 3.66. The minimum Gasteiger partial charge on any atom is -0.465 e. The highest BCUT2D eigenvalue weighted by Crippen LogP contribution is 2.26. The number of aryl methyl sites for hydroxylation is 1. The van der Waals surface area contributed by atoms with Gasteiger partial charge in [-0.25, -0.2) is 9.78 Å². The van der Waals surface area contributed by atoms with E-state index in [1.54, 1.807) is 36.4 Å². The van der Waals surface area contributed by atoms with E-state index in [0.29, 0.717) is 28.5 Å². The summed E-state index contributed by atoms with van der Waals surface area (Å²) in [6.45, 7) is 2.00. The number of ether oxygens (including phenoxy) is 1. The predicted octanol–water partition coefficient (Wildman–Crippen LogP) is 4.98. The number of nitriles is 1. The maximum Gasteiger partial charge on any atom is 0.337 e. The van der Waals surface area contributed by atoms with Crippen molar-refractivity contribution >= 4 is 28.7 Å². The summed E-state index contributed by atoms with van der Waals surface area (Å²) in [6.07, 6.45) is 1.64. The van der Waals surface area contributed by atoms with Crippen LogP contribution in [0.25, 0.3) is 34.0 Å². The van der Waals surface area contributed by atoms with Gasteiger partial charge in [-0.1, -0.05) is 18.2 Å². The Bertz CT molecular complexity index is 1290. The summed E-state index contributed by atoms with van der Waals surface area (Å²) < 4.78 is 10.6. The predicted molar refractivity (Wildman–Crippen MR) is 110 cm³/mol. The quantitative estimate of drug-likeness (QED) is 0.396. The molecule has 0 spiro atoms. The van der Waals surface area contributed by atoms with Crippen LogP contribution in [0.4, 0.5) is 0 Å². The molecule has 29 heavy (non-hydrogen) atoms. The molecule has 2 aromatic carbocycles. The van der Waals surface area contributed by atoms with Crippen LogP contribution in [0.3, 0.4) is 0 Å². The highest BCUT2D eigenvalue weighted by atomic mass is 16.5. The molecule has 0 aliphatic rings. The number of carbonyl (C=O) groups excluding carboxylic acids is 1. The van der Waals surface area contributed by atoms with Crippen LogP contribution < -0.4 is 0 Å². The summed E-state index contributed by atoms with van der Waals surface area (Å²) in [5, 5.41) is 9.60. The lowest BCUT2D eigenvalue weighted by molar-refractivity contribution is 0.0601. The van der Waals surface area contributed by atoms with Crippen molar-refractivity contribution in [2.24, 2.45) is 0 Å². The molecule has 0 bridgehead atoms. The second kappa shape index (κ2) is 7.49. The normalized spacial score (nSPS) is 11.4. The molecule has 4 aromatic rings. The number of hydrogen-bond acceptors (Lipinski definition) is 5. The van der Waals surface area contributed by atoms with Crippen molar-refractivity contribution in [1.29, 1.82) is 5.26 Å². The Hall–Kier alpha value is -4.11. The number of fused-ring (bicyclic) bond motifs is 1. The minimum atomic E-state index is -0.412. The third-order valence-corrected chi connectivity index (χ3v) is 4.49. The van der Waals surface area contributed by atoms with Gasteiger partial charge in [-0.05, 0) is 48.9 Å². The van der Waals surface area contributed by atoms with Crippen molar-refractivity contribution in [3.05, 3.63) is 77.3 Å². The number of imidazole rings is 1. The first-order chi connectivity index (χ1) is 14.1. The lowest BCUT2D eigenvalue weighted by Gasteiger charge is -2.01. The van der Waals surface area contributed by atoms with Crippen LogP contribution in [0.1, 0.15) is 27.5 Å². The van der Waals surface area contributed by atoms with E-state index in [0.717, 1.165) is 22.2 Å².